The van der Waals surface area contributed by atoms with Crippen molar-refractivity contribution in [3.05, 3.63) is 69.6 Å². The predicted octanol–water partition coefficient (Wildman–Crippen LogP) is 5.20. The molecule has 0 atom stereocenters. The van der Waals surface area contributed by atoms with Gasteiger partial charge in [0.05, 0.1) is 34.4 Å². The van der Waals surface area contributed by atoms with Crippen molar-refractivity contribution in [2.24, 2.45) is 0 Å². The van der Waals surface area contributed by atoms with Gasteiger partial charge in [-0.05, 0) is 49.4 Å². The molecule has 0 saturated carbocycles. The highest BCUT2D eigenvalue weighted by molar-refractivity contribution is 7.98. The van der Waals surface area contributed by atoms with E-state index in [1.807, 2.05) is 29.9 Å². The maximum atomic E-state index is 12.2. The molecule has 0 aliphatic heterocycles. The number of carbonyl (C=O) groups is 1. The zero-order valence-corrected chi connectivity index (χ0v) is 18.8. The number of nitriles is 2. The number of pyridine rings is 1. The van der Waals surface area contributed by atoms with Gasteiger partial charge >= 0.3 is 5.97 Å². The third-order valence-electron chi connectivity index (χ3n) is 4.82. The van der Waals surface area contributed by atoms with Crippen LogP contribution >= 0.6 is 23.4 Å². The maximum Gasteiger partial charge on any atom is 0.341 e. The molecule has 3 rings (SSSR count). The third kappa shape index (κ3) is 4.44. The van der Waals surface area contributed by atoms with E-state index in [-0.39, 0.29) is 17.3 Å². The second-order valence-corrected chi connectivity index (χ2v) is 7.79. The minimum atomic E-state index is -0.521. The van der Waals surface area contributed by atoms with Crippen molar-refractivity contribution in [1.82, 2.24) is 9.55 Å². The molecule has 2 aromatic heterocycles. The Morgan fingerprint density at radius 3 is 2.55 bits per heavy atom. The number of hydrogen-bond donors (Lipinski definition) is 0. The highest BCUT2D eigenvalue weighted by Gasteiger charge is 2.22. The third-order valence-corrected chi connectivity index (χ3v) is 5.93. The maximum absolute atomic E-state index is 12.2. The second kappa shape index (κ2) is 9.70. The summed E-state index contributed by atoms with van der Waals surface area (Å²) in [6.45, 7) is 4.32. The summed E-state index contributed by atoms with van der Waals surface area (Å²) < 4.78 is 7.08. The highest BCUT2D eigenvalue weighted by atomic mass is 35.5. The molecule has 0 unspecified atom stereocenters. The van der Waals surface area contributed by atoms with Crippen molar-refractivity contribution in [3.63, 3.8) is 0 Å². The number of benzene rings is 1. The number of hydrogen-bond acceptors (Lipinski definition) is 6. The average Bonchev–Trinajstić information content (AvgIpc) is 3.05. The lowest BCUT2D eigenvalue weighted by Crippen LogP contribution is -2.09. The molecule has 0 aliphatic rings. The Kier molecular flexibility index (Phi) is 7.02. The lowest BCUT2D eigenvalue weighted by molar-refractivity contribution is 0.0526. The van der Waals surface area contributed by atoms with Gasteiger partial charge in [0.15, 0.2) is 0 Å². The first-order valence-electron chi connectivity index (χ1n) is 9.44. The number of carbonyl (C=O) groups excluding carboxylic acids is 1. The number of thioether (sulfide) groups is 1. The zero-order chi connectivity index (χ0) is 22.5. The van der Waals surface area contributed by atoms with Gasteiger partial charge in [-0.25, -0.2) is 9.78 Å². The molecule has 6 nitrogen and oxygen atoms in total. The normalized spacial score (nSPS) is 10.4. The Morgan fingerprint density at radius 2 is 1.97 bits per heavy atom. The van der Waals surface area contributed by atoms with Crippen molar-refractivity contribution in [2.75, 3.05) is 12.9 Å². The van der Waals surface area contributed by atoms with Gasteiger partial charge in [0.2, 0.25) is 0 Å². The first-order chi connectivity index (χ1) is 14.9. The molecule has 0 radical (unpaired) electrons. The molecule has 31 heavy (non-hydrogen) atoms. The molecule has 0 N–H and O–H groups in total. The first-order valence-corrected chi connectivity index (χ1v) is 11.0. The van der Waals surface area contributed by atoms with Gasteiger partial charge in [0.25, 0.3) is 0 Å². The lowest BCUT2D eigenvalue weighted by atomic mass is 10.0. The summed E-state index contributed by atoms with van der Waals surface area (Å²) in [4.78, 5) is 16.3. The Bertz CT molecular complexity index is 1220. The van der Waals surface area contributed by atoms with E-state index in [2.05, 4.69) is 17.1 Å². The van der Waals surface area contributed by atoms with Crippen LogP contribution < -0.4 is 0 Å². The molecule has 0 bridgehead atoms. The van der Waals surface area contributed by atoms with E-state index in [0.29, 0.717) is 17.7 Å². The van der Waals surface area contributed by atoms with Crippen LogP contribution in [0.2, 0.25) is 5.15 Å². The van der Waals surface area contributed by atoms with Crippen molar-refractivity contribution in [2.45, 2.75) is 25.4 Å². The summed E-state index contributed by atoms with van der Waals surface area (Å²) in [5.41, 5.74) is 4.69. The number of esters is 1. The van der Waals surface area contributed by atoms with Gasteiger partial charge in [-0.1, -0.05) is 23.7 Å². The molecule has 2 heterocycles. The minimum absolute atomic E-state index is 0.0903. The molecule has 0 aliphatic carbocycles. The minimum Gasteiger partial charge on any atom is -0.462 e. The quantitative estimate of drug-likeness (QED) is 0.291. The van der Waals surface area contributed by atoms with Crippen LogP contribution in [0.25, 0.3) is 11.1 Å². The number of halogens is 1. The van der Waals surface area contributed by atoms with Gasteiger partial charge in [0.1, 0.15) is 11.2 Å². The van der Waals surface area contributed by atoms with E-state index in [1.54, 1.807) is 31.3 Å². The average molecular weight is 451 g/mol. The van der Waals surface area contributed by atoms with E-state index in [9.17, 15) is 10.1 Å². The fourth-order valence-corrected chi connectivity index (χ4v) is 4.35. The van der Waals surface area contributed by atoms with E-state index >= 15 is 0 Å². The predicted molar refractivity (Wildman–Crippen MR) is 120 cm³/mol. The van der Waals surface area contributed by atoms with E-state index in [0.717, 1.165) is 27.4 Å². The summed E-state index contributed by atoms with van der Waals surface area (Å²) in [6.07, 6.45) is 3.53. The fourth-order valence-electron chi connectivity index (χ4n) is 3.39. The molecule has 0 fully saturated rings. The molecule has 1 aromatic carbocycles. The smallest absolute Gasteiger partial charge is 0.341 e. The van der Waals surface area contributed by atoms with E-state index in [1.165, 1.54) is 11.8 Å². The van der Waals surface area contributed by atoms with Gasteiger partial charge < -0.3 is 9.30 Å². The molecule has 3 aromatic rings. The van der Waals surface area contributed by atoms with Crippen molar-refractivity contribution < 1.29 is 9.53 Å². The Balaban J connectivity index is 2.09. The van der Waals surface area contributed by atoms with Crippen molar-refractivity contribution in [1.29, 1.82) is 10.5 Å². The number of rotatable bonds is 6. The van der Waals surface area contributed by atoms with Crippen LogP contribution in [-0.4, -0.2) is 28.4 Å². The summed E-state index contributed by atoms with van der Waals surface area (Å²) >= 11 is 7.56. The Labute approximate surface area is 190 Å². The van der Waals surface area contributed by atoms with Crippen LogP contribution in [0.4, 0.5) is 0 Å². The van der Waals surface area contributed by atoms with Crippen LogP contribution in [-0.2, 0) is 11.3 Å². The molecule has 156 valence electrons. The van der Waals surface area contributed by atoms with E-state index < -0.39 is 5.97 Å². The summed E-state index contributed by atoms with van der Waals surface area (Å²) in [7, 11) is 0. The molecule has 0 amide bonds. The van der Waals surface area contributed by atoms with E-state index in [4.69, 9.17) is 21.6 Å². The second-order valence-electron chi connectivity index (χ2n) is 6.63. The van der Waals surface area contributed by atoms with Gasteiger partial charge in [0, 0.05) is 24.0 Å². The lowest BCUT2D eigenvalue weighted by Gasteiger charge is -2.12. The standard InChI is InChI=1S/C23H19ClN4O2S/c1-4-30-23(29)18-9-16(12-27-21(18)24)13-28-14(2)20(19(11-26)22(28)31-3)17-7-5-15(10-25)6-8-17/h5-9,12H,4,13H2,1-3H3. The van der Waals surface area contributed by atoms with Gasteiger partial charge in [-0.2, -0.15) is 10.5 Å². The zero-order valence-electron chi connectivity index (χ0n) is 17.3. The number of ether oxygens (including phenoxy) is 1. The van der Waals surface area contributed by atoms with Crippen molar-refractivity contribution in [3.8, 4) is 23.3 Å². The van der Waals surface area contributed by atoms with Crippen LogP contribution in [0.3, 0.4) is 0 Å². The molecule has 8 heteroatoms. The molecule has 0 saturated heterocycles. The monoisotopic (exact) mass is 450 g/mol. The topological polar surface area (TPSA) is 91.7 Å². The largest absolute Gasteiger partial charge is 0.462 e. The van der Waals surface area contributed by atoms with Crippen molar-refractivity contribution >= 4 is 29.3 Å². The van der Waals surface area contributed by atoms with Gasteiger partial charge in [-0.3, -0.25) is 0 Å². The first kappa shape index (κ1) is 22.4. The summed E-state index contributed by atoms with van der Waals surface area (Å²) in [6, 6.07) is 13.3. The Hall–Kier alpha value is -3.26. The SMILES string of the molecule is CCOC(=O)c1cc(Cn2c(C)c(-c3ccc(C#N)cc3)c(C#N)c2SC)cnc1Cl. The van der Waals surface area contributed by atoms with Crippen LogP contribution in [0.15, 0.2) is 41.6 Å². The summed E-state index contributed by atoms with van der Waals surface area (Å²) in [5.74, 6) is -0.521. The summed E-state index contributed by atoms with van der Waals surface area (Å²) in [5, 5.41) is 19.9. The Morgan fingerprint density at radius 1 is 1.26 bits per heavy atom. The van der Waals surface area contributed by atoms with Crippen LogP contribution in [0, 0.1) is 29.6 Å². The molecular weight excluding hydrogens is 432 g/mol. The number of aromatic nitrogens is 2. The molecule has 0 spiro atoms. The number of nitrogens with zero attached hydrogens (tertiary/aromatic N) is 4. The molecular formula is C23H19ClN4O2S. The fraction of sp³-hybridized carbons (Fsp3) is 0.217. The highest BCUT2D eigenvalue weighted by Crippen LogP contribution is 2.37. The van der Waals surface area contributed by atoms with Crippen LogP contribution in [0.5, 0.6) is 0 Å². The van der Waals surface area contributed by atoms with Gasteiger partial charge in [-0.15, -0.1) is 11.8 Å². The van der Waals surface area contributed by atoms with Crippen LogP contribution in [0.1, 0.15) is 39.7 Å².